The third-order valence-corrected chi connectivity index (χ3v) is 3.66. The number of nitrogens with zero attached hydrogens (tertiary/aromatic N) is 1. The van der Waals surface area contributed by atoms with Gasteiger partial charge < -0.3 is 5.73 Å². The van der Waals surface area contributed by atoms with Crippen LogP contribution in [0.15, 0.2) is 27.8 Å². The van der Waals surface area contributed by atoms with Crippen molar-refractivity contribution in [2.75, 3.05) is 6.54 Å². The van der Waals surface area contributed by atoms with E-state index in [2.05, 4.69) is 25.6 Å². The molecule has 0 bridgehead atoms. The number of nitrogens with one attached hydrogen (secondary N) is 1. The number of hydrogen-bond acceptors (Lipinski definition) is 4. The van der Waals surface area contributed by atoms with Crippen LogP contribution in [0.2, 0.25) is 0 Å². The first-order valence-corrected chi connectivity index (χ1v) is 6.57. The first-order valence-electron chi connectivity index (χ1n) is 4.29. The monoisotopic (exact) mass is 293 g/mol. The minimum Gasteiger partial charge on any atom is -0.329 e. The summed E-state index contributed by atoms with van der Waals surface area (Å²) in [7, 11) is -3.55. The maximum atomic E-state index is 11.7. The molecule has 0 aromatic carbocycles. The summed E-state index contributed by atoms with van der Waals surface area (Å²) in [5, 5.41) is -0.00833. The van der Waals surface area contributed by atoms with Gasteiger partial charge >= 0.3 is 0 Å². The number of sulfonamides is 1. The molecule has 1 heterocycles. The summed E-state index contributed by atoms with van der Waals surface area (Å²) in [6.07, 6.45) is 1.43. The lowest BCUT2D eigenvalue weighted by Gasteiger charge is -2.10. The van der Waals surface area contributed by atoms with Crippen molar-refractivity contribution in [3.8, 4) is 0 Å². The fourth-order valence-corrected chi connectivity index (χ4v) is 2.31. The van der Waals surface area contributed by atoms with E-state index >= 15 is 0 Å². The quantitative estimate of drug-likeness (QED) is 0.845. The van der Waals surface area contributed by atoms with E-state index in [0.29, 0.717) is 0 Å². The smallest absolute Gasteiger partial charge is 0.258 e. The Hall–Kier alpha value is -0.500. The molecule has 0 fully saturated rings. The van der Waals surface area contributed by atoms with Gasteiger partial charge in [0.1, 0.15) is 0 Å². The predicted molar refractivity (Wildman–Crippen MR) is 60.8 cm³/mol. The standard InChI is InChI=1S/C8H12BrN3O2S/c1-6(4-10)12-15(13,14)8-3-2-7(9)5-11-8/h2-3,5-6,12H,4,10H2,1H3/t6-/m0/s1. The Morgan fingerprint density at radius 1 is 1.60 bits per heavy atom. The summed E-state index contributed by atoms with van der Waals surface area (Å²) in [5.74, 6) is 0. The van der Waals surface area contributed by atoms with E-state index in [1.807, 2.05) is 0 Å². The Labute approximate surface area is 97.3 Å². The second kappa shape index (κ2) is 5.02. The average Bonchev–Trinajstić information content (AvgIpc) is 2.17. The summed E-state index contributed by atoms with van der Waals surface area (Å²) >= 11 is 3.18. The number of rotatable bonds is 4. The highest BCUT2D eigenvalue weighted by atomic mass is 79.9. The lowest BCUT2D eigenvalue weighted by molar-refractivity contribution is 0.559. The molecule has 1 atom stereocenters. The van der Waals surface area contributed by atoms with Crippen LogP contribution in [0.1, 0.15) is 6.92 Å². The van der Waals surface area contributed by atoms with Gasteiger partial charge in [0.05, 0.1) is 0 Å². The summed E-state index contributed by atoms with van der Waals surface area (Å²) in [4.78, 5) is 3.80. The van der Waals surface area contributed by atoms with Gasteiger partial charge in [0.2, 0.25) is 0 Å². The molecule has 0 unspecified atom stereocenters. The normalized spacial score (nSPS) is 13.8. The van der Waals surface area contributed by atoms with Gasteiger partial charge in [0.25, 0.3) is 10.0 Å². The molecule has 0 aliphatic carbocycles. The Morgan fingerprint density at radius 3 is 2.73 bits per heavy atom. The Morgan fingerprint density at radius 2 is 2.27 bits per heavy atom. The molecule has 0 aliphatic heterocycles. The third-order valence-electron chi connectivity index (χ3n) is 1.69. The van der Waals surface area contributed by atoms with Crippen LogP contribution in [0.4, 0.5) is 0 Å². The van der Waals surface area contributed by atoms with Crippen LogP contribution < -0.4 is 10.5 Å². The van der Waals surface area contributed by atoms with Gasteiger partial charge in [-0.25, -0.2) is 18.1 Å². The van der Waals surface area contributed by atoms with E-state index in [0.717, 1.165) is 4.47 Å². The second-order valence-corrected chi connectivity index (χ2v) is 5.65. The fraction of sp³-hybridized carbons (Fsp3) is 0.375. The van der Waals surface area contributed by atoms with Gasteiger partial charge in [-0.1, -0.05) is 0 Å². The lowest BCUT2D eigenvalue weighted by Crippen LogP contribution is -2.38. The van der Waals surface area contributed by atoms with Gasteiger partial charge in [-0.2, -0.15) is 0 Å². The molecule has 0 amide bonds. The molecular weight excluding hydrogens is 282 g/mol. The molecule has 15 heavy (non-hydrogen) atoms. The number of halogens is 1. The van der Waals surface area contributed by atoms with Crippen molar-refractivity contribution in [2.24, 2.45) is 5.73 Å². The van der Waals surface area contributed by atoms with E-state index < -0.39 is 10.0 Å². The molecule has 7 heteroatoms. The zero-order valence-corrected chi connectivity index (χ0v) is 10.5. The summed E-state index contributed by atoms with van der Waals surface area (Å²) in [5.41, 5.74) is 5.33. The summed E-state index contributed by atoms with van der Waals surface area (Å²) in [6.45, 7) is 1.94. The van der Waals surface area contributed by atoms with Crippen molar-refractivity contribution in [3.05, 3.63) is 22.8 Å². The van der Waals surface area contributed by atoms with Crippen LogP contribution in [0.5, 0.6) is 0 Å². The topological polar surface area (TPSA) is 85.1 Å². The van der Waals surface area contributed by atoms with Crippen LogP contribution in [-0.2, 0) is 10.0 Å². The third kappa shape index (κ3) is 3.53. The SMILES string of the molecule is C[C@@H](CN)NS(=O)(=O)c1ccc(Br)cn1. The van der Waals surface area contributed by atoms with Gasteiger partial charge in [-0.05, 0) is 35.0 Å². The molecule has 0 radical (unpaired) electrons. The lowest BCUT2D eigenvalue weighted by atomic mass is 10.4. The minimum atomic E-state index is -3.55. The molecule has 1 rings (SSSR count). The van der Waals surface area contributed by atoms with Gasteiger partial charge in [0.15, 0.2) is 5.03 Å². The van der Waals surface area contributed by atoms with Crippen LogP contribution in [0.25, 0.3) is 0 Å². The number of nitrogens with two attached hydrogens (primary N) is 1. The molecule has 0 spiro atoms. The van der Waals surface area contributed by atoms with Crippen LogP contribution in [-0.4, -0.2) is 26.0 Å². The molecule has 0 aliphatic rings. The van der Waals surface area contributed by atoms with E-state index in [9.17, 15) is 8.42 Å². The maximum absolute atomic E-state index is 11.7. The highest BCUT2D eigenvalue weighted by Crippen LogP contribution is 2.11. The Kier molecular flexibility index (Phi) is 4.21. The highest BCUT2D eigenvalue weighted by molar-refractivity contribution is 9.10. The van der Waals surface area contributed by atoms with Gasteiger partial charge in [0, 0.05) is 23.3 Å². The molecule has 5 nitrogen and oxygen atoms in total. The largest absolute Gasteiger partial charge is 0.329 e. The van der Waals surface area contributed by atoms with Gasteiger partial charge in [-0.15, -0.1) is 0 Å². The van der Waals surface area contributed by atoms with Crippen LogP contribution >= 0.6 is 15.9 Å². The molecule has 1 aromatic rings. The molecule has 3 N–H and O–H groups in total. The van der Waals surface area contributed by atoms with Crippen LogP contribution in [0, 0.1) is 0 Å². The van der Waals surface area contributed by atoms with Gasteiger partial charge in [-0.3, -0.25) is 0 Å². The van der Waals surface area contributed by atoms with Crippen molar-refractivity contribution in [1.82, 2.24) is 9.71 Å². The molecular formula is C8H12BrN3O2S. The first-order chi connectivity index (χ1) is 6.95. The molecule has 0 saturated carbocycles. The van der Waals surface area contributed by atoms with Crippen molar-refractivity contribution >= 4 is 26.0 Å². The zero-order valence-electron chi connectivity index (χ0n) is 8.14. The maximum Gasteiger partial charge on any atom is 0.258 e. The number of pyridine rings is 1. The fourth-order valence-electron chi connectivity index (χ4n) is 0.895. The Bertz CT molecular complexity index is 418. The average molecular weight is 294 g/mol. The zero-order chi connectivity index (χ0) is 11.5. The second-order valence-electron chi connectivity index (χ2n) is 3.07. The first kappa shape index (κ1) is 12.6. The molecule has 84 valence electrons. The highest BCUT2D eigenvalue weighted by Gasteiger charge is 2.17. The van der Waals surface area contributed by atoms with Crippen molar-refractivity contribution in [1.29, 1.82) is 0 Å². The summed E-state index contributed by atoms with van der Waals surface area (Å²) < 4.78 is 26.5. The van der Waals surface area contributed by atoms with Crippen LogP contribution in [0.3, 0.4) is 0 Å². The van der Waals surface area contributed by atoms with Crippen molar-refractivity contribution in [3.63, 3.8) is 0 Å². The van der Waals surface area contributed by atoms with E-state index in [1.165, 1.54) is 12.3 Å². The summed E-state index contributed by atoms with van der Waals surface area (Å²) in [6, 6.07) is 2.74. The minimum absolute atomic E-state index is 0.00833. The number of aromatic nitrogens is 1. The van der Waals surface area contributed by atoms with E-state index in [-0.39, 0.29) is 17.6 Å². The van der Waals surface area contributed by atoms with E-state index in [4.69, 9.17) is 5.73 Å². The molecule has 1 aromatic heterocycles. The van der Waals surface area contributed by atoms with Crippen molar-refractivity contribution in [2.45, 2.75) is 18.0 Å². The number of hydrogen-bond donors (Lipinski definition) is 2. The Balaban J connectivity index is 2.91. The van der Waals surface area contributed by atoms with E-state index in [1.54, 1.807) is 13.0 Å². The predicted octanol–water partition coefficient (Wildman–Crippen LogP) is 0.470. The van der Waals surface area contributed by atoms with Crippen molar-refractivity contribution < 1.29 is 8.42 Å². The molecule has 0 saturated heterocycles.